The second kappa shape index (κ2) is 5.77. The number of aliphatic hydroxyl groups excluding tert-OH is 1. The highest BCUT2D eigenvalue weighted by molar-refractivity contribution is 5.86. The van der Waals surface area contributed by atoms with Gasteiger partial charge in [0.05, 0.1) is 12.6 Å². The van der Waals surface area contributed by atoms with Gasteiger partial charge < -0.3 is 10.8 Å². The number of carbonyl (C=O) groups is 1. The van der Waals surface area contributed by atoms with Crippen LogP contribution in [0.15, 0.2) is 24.3 Å². The molecule has 0 aromatic heterocycles. The Bertz CT molecular complexity index is 361. The highest BCUT2D eigenvalue weighted by Gasteiger charge is 2.12. The smallest absolute Gasteiger partial charge is 0.156 e. The minimum atomic E-state index is -0.761. The van der Waals surface area contributed by atoms with E-state index < -0.39 is 6.04 Å². The molecule has 0 bridgehead atoms. The molecule has 0 aliphatic carbocycles. The average molecular weight is 221 g/mol. The highest BCUT2D eigenvalue weighted by Crippen LogP contribution is 2.16. The molecule has 1 rings (SSSR count). The molecule has 0 aliphatic heterocycles. The number of nitrogens with two attached hydrogens (primary N) is 1. The fourth-order valence-electron chi connectivity index (χ4n) is 1.50. The third kappa shape index (κ3) is 3.43. The van der Waals surface area contributed by atoms with E-state index in [4.69, 9.17) is 10.8 Å². The van der Waals surface area contributed by atoms with Gasteiger partial charge in [-0.15, -0.1) is 0 Å². The van der Waals surface area contributed by atoms with Crippen LogP contribution in [0.2, 0.25) is 0 Å². The molecule has 0 unspecified atom stereocenters. The first-order valence-corrected chi connectivity index (χ1v) is 5.52. The summed E-state index contributed by atoms with van der Waals surface area (Å²) in [7, 11) is 0. The van der Waals surface area contributed by atoms with Crippen LogP contribution in [0.25, 0.3) is 0 Å². The Balaban J connectivity index is 2.74. The molecule has 0 aliphatic rings. The van der Waals surface area contributed by atoms with Crippen molar-refractivity contribution in [1.29, 1.82) is 0 Å². The number of rotatable bonds is 5. The number of ketones is 1. The molecule has 1 aromatic rings. The van der Waals surface area contributed by atoms with Gasteiger partial charge >= 0.3 is 0 Å². The summed E-state index contributed by atoms with van der Waals surface area (Å²) in [6.07, 6.45) is 0.294. The fraction of sp³-hybridized carbons (Fsp3) is 0.462. The molecule has 88 valence electrons. The molecule has 0 fully saturated rings. The van der Waals surface area contributed by atoms with Crippen LogP contribution < -0.4 is 5.73 Å². The van der Waals surface area contributed by atoms with Crippen LogP contribution in [-0.4, -0.2) is 23.5 Å². The van der Waals surface area contributed by atoms with Gasteiger partial charge in [0.1, 0.15) is 0 Å². The molecule has 16 heavy (non-hydrogen) atoms. The zero-order chi connectivity index (χ0) is 12.1. The Morgan fingerprint density at radius 2 is 2.12 bits per heavy atom. The number of Topliss-reactive ketones (excluding diaryl/α,β-unsaturated/α-hetero) is 1. The number of carbonyl (C=O) groups excluding carboxylic acids is 1. The maximum atomic E-state index is 11.5. The Kier molecular flexibility index (Phi) is 4.65. The molecule has 0 spiro atoms. The number of hydrogen-bond donors (Lipinski definition) is 2. The van der Waals surface area contributed by atoms with E-state index in [0.29, 0.717) is 12.3 Å². The van der Waals surface area contributed by atoms with Crippen LogP contribution in [0.1, 0.15) is 30.9 Å². The minimum absolute atomic E-state index is 0.122. The van der Waals surface area contributed by atoms with Crippen LogP contribution >= 0.6 is 0 Å². The zero-order valence-corrected chi connectivity index (χ0v) is 9.81. The average Bonchev–Trinajstić information content (AvgIpc) is 2.28. The van der Waals surface area contributed by atoms with Crippen molar-refractivity contribution in [1.82, 2.24) is 0 Å². The maximum Gasteiger partial charge on any atom is 0.156 e. The number of benzene rings is 1. The van der Waals surface area contributed by atoms with Gasteiger partial charge in [-0.1, -0.05) is 38.1 Å². The van der Waals surface area contributed by atoms with Crippen LogP contribution in [0.5, 0.6) is 0 Å². The van der Waals surface area contributed by atoms with Crippen molar-refractivity contribution in [3.05, 3.63) is 35.4 Å². The largest absolute Gasteiger partial charge is 0.394 e. The van der Waals surface area contributed by atoms with E-state index in [-0.39, 0.29) is 12.4 Å². The lowest BCUT2D eigenvalue weighted by atomic mass is 9.97. The lowest BCUT2D eigenvalue weighted by Gasteiger charge is -2.09. The van der Waals surface area contributed by atoms with Gasteiger partial charge in [0.2, 0.25) is 0 Å². The molecule has 0 saturated carbocycles. The van der Waals surface area contributed by atoms with Crippen molar-refractivity contribution in [3.63, 3.8) is 0 Å². The van der Waals surface area contributed by atoms with E-state index in [1.54, 1.807) is 0 Å². The van der Waals surface area contributed by atoms with Gasteiger partial charge in [0, 0.05) is 6.42 Å². The Hall–Kier alpha value is -1.19. The summed E-state index contributed by atoms with van der Waals surface area (Å²) in [6, 6.07) is 7.16. The Labute approximate surface area is 96.3 Å². The van der Waals surface area contributed by atoms with E-state index in [9.17, 15) is 4.79 Å². The predicted molar refractivity (Wildman–Crippen MR) is 64.3 cm³/mol. The van der Waals surface area contributed by atoms with Gasteiger partial charge in [0.15, 0.2) is 5.78 Å². The molecule has 3 nitrogen and oxygen atoms in total. The van der Waals surface area contributed by atoms with Crippen molar-refractivity contribution in [3.8, 4) is 0 Å². The summed E-state index contributed by atoms with van der Waals surface area (Å²) in [4.78, 5) is 11.5. The van der Waals surface area contributed by atoms with Crippen LogP contribution in [0.3, 0.4) is 0 Å². The monoisotopic (exact) mass is 221 g/mol. The maximum absolute atomic E-state index is 11.5. The van der Waals surface area contributed by atoms with E-state index in [1.807, 2.05) is 24.3 Å². The van der Waals surface area contributed by atoms with Crippen molar-refractivity contribution < 1.29 is 9.90 Å². The minimum Gasteiger partial charge on any atom is -0.394 e. The van der Waals surface area contributed by atoms with Gasteiger partial charge in [-0.05, 0) is 17.0 Å². The van der Waals surface area contributed by atoms with Crippen molar-refractivity contribution in [2.75, 3.05) is 6.61 Å². The molecular weight excluding hydrogens is 202 g/mol. The standard InChI is InChI=1S/C13H19NO2/c1-9(2)11-5-3-4-10(6-11)7-13(16)12(14)8-15/h3-6,9,12,15H,7-8,14H2,1-2H3/t12-/m0/s1. The third-order valence-corrected chi connectivity index (χ3v) is 2.61. The summed E-state index contributed by atoms with van der Waals surface area (Å²) in [5.41, 5.74) is 7.63. The first-order valence-electron chi connectivity index (χ1n) is 5.52. The first kappa shape index (κ1) is 12.9. The molecule has 0 amide bonds. The van der Waals surface area contributed by atoms with Gasteiger partial charge in [-0.2, -0.15) is 0 Å². The molecule has 3 heteroatoms. The molecular formula is C13H19NO2. The third-order valence-electron chi connectivity index (χ3n) is 2.61. The Morgan fingerprint density at radius 1 is 1.44 bits per heavy atom. The first-order chi connectivity index (χ1) is 7.54. The summed E-state index contributed by atoms with van der Waals surface area (Å²) in [5, 5.41) is 8.78. The molecule has 3 N–H and O–H groups in total. The summed E-state index contributed by atoms with van der Waals surface area (Å²) >= 11 is 0. The highest BCUT2D eigenvalue weighted by atomic mass is 16.3. The Morgan fingerprint density at radius 3 is 2.69 bits per heavy atom. The van der Waals surface area contributed by atoms with Gasteiger partial charge in [0.25, 0.3) is 0 Å². The van der Waals surface area contributed by atoms with E-state index >= 15 is 0 Å². The number of aliphatic hydroxyl groups is 1. The second-order valence-electron chi connectivity index (χ2n) is 4.33. The molecule has 0 radical (unpaired) electrons. The normalized spacial score (nSPS) is 12.8. The van der Waals surface area contributed by atoms with Crippen LogP contribution in [0.4, 0.5) is 0 Å². The molecule has 0 saturated heterocycles. The van der Waals surface area contributed by atoms with E-state index in [0.717, 1.165) is 5.56 Å². The quantitative estimate of drug-likeness (QED) is 0.786. The lowest BCUT2D eigenvalue weighted by molar-refractivity contribution is -0.120. The van der Waals surface area contributed by atoms with Crippen LogP contribution in [0, 0.1) is 0 Å². The summed E-state index contributed by atoms with van der Waals surface area (Å²) < 4.78 is 0. The summed E-state index contributed by atoms with van der Waals surface area (Å²) in [6.45, 7) is 3.93. The van der Waals surface area contributed by atoms with Crippen molar-refractivity contribution in [2.45, 2.75) is 32.2 Å². The van der Waals surface area contributed by atoms with E-state index in [2.05, 4.69) is 13.8 Å². The summed E-state index contributed by atoms with van der Waals surface area (Å²) in [5.74, 6) is 0.324. The molecule has 1 atom stereocenters. The van der Waals surface area contributed by atoms with E-state index in [1.165, 1.54) is 5.56 Å². The molecule has 0 heterocycles. The van der Waals surface area contributed by atoms with Crippen molar-refractivity contribution in [2.24, 2.45) is 5.73 Å². The van der Waals surface area contributed by atoms with Crippen molar-refractivity contribution >= 4 is 5.78 Å². The topological polar surface area (TPSA) is 63.3 Å². The SMILES string of the molecule is CC(C)c1cccc(CC(=O)[C@@H](N)CO)c1. The van der Waals surface area contributed by atoms with Gasteiger partial charge in [-0.25, -0.2) is 0 Å². The van der Waals surface area contributed by atoms with Gasteiger partial charge in [-0.3, -0.25) is 4.79 Å². The molecule has 1 aromatic carbocycles. The van der Waals surface area contributed by atoms with Crippen LogP contribution in [-0.2, 0) is 11.2 Å². The second-order valence-corrected chi connectivity index (χ2v) is 4.33. The predicted octanol–water partition coefficient (Wildman–Crippen LogP) is 1.24. The zero-order valence-electron chi connectivity index (χ0n) is 9.81. The number of hydrogen-bond acceptors (Lipinski definition) is 3. The lowest BCUT2D eigenvalue weighted by Crippen LogP contribution is -2.35. The fourth-order valence-corrected chi connectivity index (χ4v) is 1.50.